The minimum Gasteiger partial charge on any atom is -0.462 e. The second kappa shape index (κ2) is 12.2. The number of benzene rings is 1. The van der Waals surface area contributed by atoms with Crippen molar-refractivity contribution in [3.05, 3.63) is 23.0 Å². The van der Waals surface area contributed by atoms with E-state index in [9.17, 15) is 14.0 Å². The van der Waals surface area contributed by atoms with E-state index in [0.717, 1.165) is 25.7 Å². The number of anilines is 1. The zero-order valence-electron chi connectivity index (χ0n) is 16.4. The van der Waals surface area contributed by atoms with Crippen molar-refractivity contribution in [2.75, 3.05) is 5.32 Å². The predicted octanol–water partition coefficient (Wildman–Crippen LogP) is 6.21. The minimum absolute atomic E-state index is 0.0795. The van der Waals surface area contributed by atoms with Crippen LogP contribution >= 0.6 is 23.4 Å². The van der Waals surface area contributed by atoms with Gasteiger partial charge in [0.2, 0.25) is 5.91 Å². The van der Waals surface area contributed by atoms with E-state index in [0.29, 0.717) is 17.7 Å². The van der Waals surface area contributed by atoms with Gasteiger partial charge in [-0.2, -0.15) is 0 Å². The maximum atomic E-state index is 14.2. The number of unbranched alkanes of at least 4 members (excludes halogenated alkanes) is 2. The number of thioether (sulfide) groups is 1. The van der Waals surface area contributed by atoms with Gasteiger partial charge in [-0.15, -0.1) is 11.8 Å². The molecule has 0 aliphatic heterocycles. The van der Waals surface area contributed by atoms with Crippen molar-refractivity contribution in [2.24, 2.45) is 0 Å². The van der Waals surface area contributed by atoms with E-state index in [2.05, 4.69) is 12.2 Å². The third-order valence-corrected chi connectivity index (χ3v) is 5.47. The average Bonchev–Trinajstić information content (AvgIpc) is 2.58. The van der Waals surface area contributed by atoms with E-state index in [4.69, 9.17) is 16.3 Å². The summed E-state index contributed by atoms with van der Waals surface area (Å²) in [6.07, 6.45) is 4.27. The Kier molecular flexibility index (Phi) is 10.8. The molecule has 1 atom stereocenters. The van der Waals surface area contributed by atoms with Crippen LogP contribution in [0.1, 0.15) is 66.2 Å². The number of ether oxygens (including phenoxy) is 1. The molecule has 1 N–H and O–H groups in total. The van der Waals surface area contributed by atoms with Crippen molar-refractivity contribution in [3.63, 3.8) is 0 Å². The van der Waals surface area contributed by atoms with Crippen LogP contribution in [0.15, 0.2) is 17.0 Å². The van der Waals surface area contributed by atoms with E-state index in [1.165, 1.54) is 23.9 Å². The van der Waals surface area contributed by atoms with E-state index < -0.39 is 11.1 Å². The van der Waals surface area contributed by atoms with Crippen LogP contribution in [0.5, 0.6) is 0 Å². The van der Waals surface area contributed by atoms with Crippen LogP contribution in [-0.2, 0) is 14.3 Å². The molecule has 4 nitrogen and oxygen atoms in total. The van der Waals surface area contributed by atoms with E-state index >= 15 is 0 Å². The highest BCUT2D eigenvalue weighted by Gasteiger charge is 2.23. The molecular formula is C20H29ClFNO3S. The monoisotopic (exact) mass is 417 g/mol. The van der Waals surface area contributed by atoms with E-state index in [1.807, 2.05) is 6.92 Å². The number of nitrogens with one attached hydrogen (secondary N) is 1. The molecule has 1 amide bonds. The van der Waals surface area contributed by atoms with Gasteiger partial charge in [0.05, 0.1) is 16.8 Å². The molecule has 0 aromatic heterocycles. The Balaban J connectivity index is 2.92. The first-order valence-corrected chi connectivity index (χ1v) is 10.7. The Labute approximate surface area is 170 Å². The SMILES string of the molecule is CCCCCC(=O)Nc1cc(SC(CCC)C(=O)OC(C)C)c(Cl)cc1F. The van der Waals surface area contributed by atoms with Crippen molar-refractivity contribution >= 4 is 40.9 Å². The molecule has 0 aliphatic carbocycles. The lowest BCUT2D eigenvalue weighted by Crippen LogP contribution is -2.23. The number of amides is 1. The quantitative estimate of drug-likeness (QED) is 0.264. The Morgan fingerprint density at radius 3 is 2.52 bits per heavy atom. The van der Waals surface area contributed by atoms with Crippen LogP contribution in [0.3, 0.4) is 0 Å². The molecule has 0 saturated carbocycles. The molecule has 0 bridgehead atoms. The fourth-order valence-corrected chi connectivity index (χ4v) is 3.87. The third-order valence-electron chi connectivity index (χ3n) is 3.74. The molecule has 0 heterocycles. The lowest BCUT2D eigenvalue weighted by molar-refractivity contribution is -0.146. The van der Waals surface area contributed by atoms with Gasteiger partial charge < -0.3 is 10.1 Å². The first kappa shape index (κ1) is 23.8. The molecule has 1 rings (SSSR count). The van der Waals surface area contributed by atoms with Crippen molar-refractivity contribution < 1.29 is 18.7 Å². The molecule has 27 heavy (non-hydrogen) atoms. The first-order chi connectivity index (χ1) is 12.8. The maximum Gasteiger partial charge on any atom is 0.319 e. The second-order valence-electron chi connectivity index (χ2n) is 6.65. The third kappa shape index (κ3) is 8.52. The zero-order chi connectivity index (χ0) is 20.4. The Hall–Kier alpha value is -1.27. The smallest absolute Gasteiger partial charge is 0.319 e. The summed E-state index contributed by atoms with van der Waals surface area (Å²) in [6.45, 7) is 7.62. The van der Waals surface area contributed by atoms with Crippen LogP contribution in [0.25, 0.3) is 0 Å². The summed E-state index contributed by atoms with van der Waals surface area (Å²) in [6, 6.07) is 2.66. The molecular weight excluding hydrogens is 389 g/mol. The zero-order valence-corrected chi connectivity index (χ0v) is 18.0. The number of carbonyl (C=O) groups excluding carboxylic acids is 2. The van der Waals surface area contributed by atoms with Crippen molar-refractivity contribution in [2.45, 2.75) is 82.5 Å². The van der Waals surface area contributed by atoms with Crippen LogP contribution in [0.2, 0.25) is 5.02 Å². The van der Waals surface area contributed by atoms with E-state index in [1.54, 1.807) is 13.8 Å². The molecule has 1 aromatic rings. The van der Waals surface area contributed by atoms with Gasteiger partial charge in [-0.25, -0.2) is 4.39 Å². The average molecular weight is 418 g/mol. The Morgan fingerprint density at radius 2 is 1.93 bits per heavy atom. The highest BCUT2D eigenvalue weighted by molar-refractivity contribution is 8.00. The predicted molar refractivity (Wildman–Crippen MR) is 110 cm³/mol. The Morgan fingerprint density at radius 1 is 1.22 bits per heavy atom. The van der Waals surface area contributed by atoms with Gasteiger partial charge in [-0.05, 0) is 38.8 Å². The van der Waals surface area contributed by atoms with Gasteiger partial charge in [0.15, 0.2) is 0 Å². The summed E-state index contributed by atoms with van der Waals surface area (Å²) in [5.74, 6) is -1.14. The van der Waals surface area contributed by atoms with Crippen molar-refractivity contribution in [1.82, 2.24) is 0 Å². The summed E-state index contributed by atoms with van der Waals surface area (Å²) in [4.78, 5) is 24.8. The normalized spacial score (nSPS) is 12.1. The summed E-state index contributed by atoms with van der Waals surface area (Å²) < 4.78 is 19.5. The fraction of sp³-hybridized carbons (Fsp3) is 0.600. The van der Waals surface area contributed by atoms with Crippen LogP contribution in [-0.4, -0.2) is 23.2 Å². The number of hydrogen-bond acceptors (Lipinski definition) is 4. The van der Waals surface area contributed by atoms with Gasteiger partial charge in [0.25, 0.3) is 0 Å². The molecule has 152 valence electrons. The molecule has 0 fully saturated rings. The summed E-state index contributed by atoms with van der Waals surface area (Å²) >= 11 is 7.41. The van der Waals surface area contributed by atoms with Gasteiger partial charge >= 0.3 is 5.97 Å². The maximum absolute atomic E-state index is 14.2. The van der Waals surface area contributed by atoms with Gasteiger partial charge in [0, 0.05) is 11.3 Å². The second-order valence-corrected chi connectivity index (χ2v) is 8.30. The molecule has 1 aromatic carbocycles. The van der Waals surface area contributed by atoms with Crippen LogP contribution < -0.4 is 5.32 Å². The number of rotatable bonds is 11. The van der Waals surface area contributed by atoms with Gasteiger partial charge in [-0.1, -0.05) is 44.7 Å². The molecule has 0 spiro atoms. The summed E-state index contributed by atoms with van der Waals surface area (Å²) in [5.41, 5.74) is 0.0795. The number of hydrogen-bond donors (Lipinski definition) is 1. The molecule has 0 aliphatic rings. The van der Waals surface area contributed by atoms with Crippen LogP contribution in [0.4, 0.5) is 10.1 Å². The van der Waals surface area contributed by atoms with Crippen molar-refractivity contribution in [1.29, 1.82) is 0 Å². The van der Waals surface area contributed by atoms with E-state index in [-0.39, 0.29) is 28.7 Å². The highest BCUT2D eigenvalue weighted by atomic mass is 35.5. The highest BCUT2D eigenvalue weighted by Crippen LogP contribution is 2.36. The topological polar surface area (TPSA) is 55.4 Å². The van der Waals surface area contributed by atoms with Crippen LogP contribution in [0, 0.1) is 5.82 Å². The first-order valence-electron chi connectivity index (χ1n) is 9.44. The standard InChI is InChI=1S/C20H29ClFNO3S/c1-5-7-8-10-19(24)23-16-12-18(14(21)11-15(16)22)27-17(9-6-2)20(25)26-13(3)4/h11-13,17H,5-10H2,1-4H3,(H,23,24). The lowest BCUT2D eigenvalue weighted by Gasteiger charge is -2.18. The van der Waals surface area contributed by atoms with Gasteiger partial charge in [0.1, 0.15) is 11.1 Å². The largest absolute Gasteiger partial charge is 0.462 e. The number of carbonyl (C=O) groups is 2. The molecule has 0 radical (unpaired) electrons. The Bertz CT molecular complexity index is 640. The number of esters is 1. The molecule has 0 saturated heterocycles. The summed E-state index contributed by atoms with van der Waals surface area (Å²) in [7, 11) is 0. The molecule has 1 unspecified atom stereocenters. The minimum atomic E-state index is -0.593. The van der Waals surface area contributed by atoms with Gasteiger partial charge in [-0.3, -0.25) is 9.59 Å². The summed E-state index contributed by atoms with van der Waals surface area (Å²) in [5, 5.41) is 2.37. The number of halogens is 2. The van der Waals surface area contributed by atoms with Crippen molar-refractivity contribution in [3.8, 4) is 0 Å². The molecule has 7 heteroatoms. The lowest BCUT2D eigenvalue weighted by atomic mass is 10.2. The fourth-order valence-electron chi connectivity index (χ4n) is 2.41.